The van der Waals surface area contributed by atoms with Crippen LogP contribution in [0.1, 0.15) is 8.22 Å². The van der Waals surface area contributed by atoms with Crippen LogP contribution in [0.15, 0.2) is 148 Å². The Labute approximate surface area is 260 Å². The molecule has 0 atom stereocenters. The molecule has 0 bridgehead atoms. The van der Waals surface area contributed by atoms with Crippen molar-refractivity contribution in [2.75, 3.05) is 0 Å². The van der Waals surface area contributed by atoms with Crippen molar-refractivity contribution < 1.29 is 17.1 Å². The molecule has 0 saturated heterocycles. The Morgan fingerprint density at radius 3 is 1.68 bits per heavy atom. The average molecular weight is 572 g/mol. The molecular formula is C39H23N3O2. The van der Waals surface area contributed by atoms with Crippen LogP contribution in [0.4, 0.5) is 0 Å². The van der Waals surface area contributed by atoms with Gasteiger partial charge in [-0.2, -0.15) is 0 Å². The van der Waals surface area contributed by atoms with E-state index in [9.17, 15) is 1.37 Å². The zero-order valence-electron chi connectivity index (χ0n) is 29.0. The first-order valence-electron chi connectivity index (χ1n) is 17.0. The highest BCUT2D eigenvalue weighted by Gasteiger charge is 2.16. The summed E-state index contributed by atoms with van der Waals surface area (Å²) < 4.78 is 66.5. The maximum atomic E-state index is 9.30. The van der Waals surface area contributed by atoms with Crippen molar-refractivity contribution in [3.05, 3.63) is 139 Å². The van der Waals surface area contributed by atoms with Crippen LogP contribution in [0, 0.1) is 0 Å². The van der Waals surface area contributed by atoms with Gasteiger partial charge in [0.1, 0.15) is 22.3 Å². The molecule has 0 fully saturated rings. The van der Waals surface area contributed by atoms with Gasteiger partial charge in [-0.15, -0.1) is 0 Å². The van der Waals surface area contributed by atoms with Crippen molar-refractivity contribution >= 4 is 43.9 Å². The number of benzene rings is 6. The molecule has 5 nitrogen and oxygen atoms in total. The quantitative estimate of drug-likeness (QED) is 0.210. The minimum Gasteiger partial charge on any atom is -0.456 e. The fourth-order valence-corrected chi connectivity index (χ4v) is 5.44. The highest BCUT2D eigenvalue weighted by Crippen LogP contribution is 2.36. The number of para-hydroxylation sites is 1. The van der Waals surface area contributed by atoms with Crippen molar-refractivity contribution in [3.63, 3.8) is 0 Å². The van der Waals surface area contributed by atoms with Gasteiger partial charge in [-0.25, -0.2) is 15.0 Å². The van der Waals surface area contributed by atoms with E-state index in [0.717, 1.165) is 16.4 Å². The van der Waals surface area contributed by atoms with Gasteiger partial charge in [-0.1, -0.05) is 97.0 Å². The molecule has 0 amide bonds. The second kappa shape index (κ2) is 9.75. The predicted molar refractivity (Wildman–Crippen MR) is 176 cm³/mol. The van der Waals surface area contributed by atoms with Gasteiger partial charge < -0.3 is 8.83 Å². The van der Waals surface area contributed by atoms with Crippen LogP contribution < -0.4 is 0 Å². The van der Waals surface area contributed by atoms with E-state index >= 15 is 0 Å². The van der Waals surface area contributed by atoms with Crippen LogP contribution in [-0.4, -0.2) is 15.0 Å². The van der Waals surface area contributed by atoms with Crippen molar-refractivity contribution in [3.8, 4) is 45.3 Å². The first kappa shape index (κ1) is 19.2. The van der Waals surface area contributed by atoms with E-state index in [1.54, 1.807) is 24.3 Å². The third kappa shape index (κ3) is 4.06. The summed E-state index contributed by atoms with van der Waals surface area (Å²) in [6.45, 7) is 0. The summed E-state index contributed by atoms with van der Waals surface area (Å²) in [7, 11) is 0. The largest absolute Gasteiger partial charge is 0.456 e. The Bertz CT molecular complexity index is 2840. The Morgan fingerprint density at radius 1 is 0.386 bits per heavy atom. The Morgan fingerprint density at radius 2 is 0.932 bits per heavy atom. The van der Waals surface area contributed by atoms with Gasteiger partial charge in [0.05, 0.1) is 8.22 Å². The topological polar surface area (TPSA) is 65.0 Å². The van der Waals surface area contributed by atoms with Gasteiger partial charge in [-0.05, 0) is 53.5 Å². The molecule has 3 aromatic heterocycles. The number of hydrogen-bond donors (Lipinski definition) is 0. The van der Waals surface area contributed by atoms with E-state index in [1.165, 1.54) is 0 Å². The molecule has 0 saturated carbocycles. The lowest BCUT2D eigenvalue weighted by Gasteiger charge is -2.08. The van der Waals surface area contributed by atoms with E-state index in [-0.39, 0.29) is 81.0 Å². The number of fused-ring (bicyclic) bond motifs is 6. The highest BCUT2D eigenvalue weighted by molar-refractivity contribution is 6.07. The summed E-state index contributed by atoms with van der Waals surface area (Å²) in [6.07, 6.45) is 0. The van der Waals surface area contributed by atoms with Crippen LogP contribution in [0.5, 0.6) is 0 Å². The second-order valence-corrected chi connectivity index (χ2v) is 10.4. The third-order valence-corrected chi connectivity index (χ3v) is 7.60. The molecule has 0 aliphatic rings. The van der Waals surface area contributed by atoms with Crippen LogP contribution >= 0.6 is 0 Å². The van der Waals surface area contributed by atoms with Gasteiger partial charge in [0.2, 0.25) is 0 Å². The van der Waals surface area contributed by atoms with Gasteiger partial charge in [0.25, 0.3) is 0 Å². The normalized spacial score (nSPS) is 13.5. The molecule has 0 aliphatic heterocycles. The monoisotopic (exact) mass is 571 g/mol. The summed E-state index contributed by atoms with van der Waals surface area (Å²) in [5, 5.41) is 1.99. The summed E-state index contributed by atoms with van der Waals surface area (Å²) in [5.41, 5.74) is 3.32. The minimum atomic E-state index is -0.348. The lowest BCUT2D eigenvalue weighted by molar-refractivity contribution is 0.669. The molecule has 5 heteroatoms. The Hall–Kier alpha value is -6.07. The number of nitrogens with zero attached hydrogens (tertiary/aromatic N) is 3. The van der Waals surface area contributed by atoms with Crippen molar-refractivity contribution in [2.45, 2.75) is 0 Å². The lowest BCUT2D eigenvalue weighted by atomic mass is 10.0. The van der Waals surface area contributed by atoms with E-state index in [0.29, 0.717) is 28.1 Å². The first-order valence-corrected chi connectivity index (χ1v) is 14.0. The molecule has 206 valence electrons. The van der Waals surface area contributed by atoms with Crippen LogP contribution in [0.3, 0.4) is 0 Å². The van der Waals surface area contributed by atoms with Gasteiger partial charge in [-0.3, -0.25) is 0 Å². The zero-order chi connectivity index (χ0) is 34.3. The second-order valence-electron chi connectivity index (χ2n) is 10.4. The maximum Gasteiger partial charge on any atom is 0.164 e. The van der Waals surface area contributed by atoms with Gasteiger partial charge >= 0.3 is 0 Å². The molecule has 9 aromatic rings. The highest BCUT2D eigenvalue weighted by atomic mass is 16.3. The summed E-state index contributed by atoms with van der Waals surface area (Å²) in [5.74, 6) is 0.575. The van der Waals surface area contributed by atoms with E-state index in [1.807, 2.05) is 78.9 Å². The smallest absolute Gasteiger partial charge is 0.164 e. The minimum absolute atomic E-state index is 0.00670. The SMILES string of the molecule is [2H]c1c(-c2ccccc2)c([2H])c2oc3c([2H])c(-c4nc(-c5ccccc5)nc(-c5ccc6c(c5)oc5ccccc56)n4)c([2H])c([2H])c3c2c1[2H]. The molecule has 9 rings (SSSR count). The third-order valence-electron chi connectivity index (χ3n) is 7.60. The molecule has 0 aliphatic carbocycles. The van der Waals surface area contributed by atoms with E-state index in [4.69, 9.17) is 30.6 Å². The zero-order valence-corrected chi connectivity index (χ0v) is 23.0. The average Bonchev–Trinajstić information content (AvgIpc) is 3.74. The van der Waals surface area contributed by atoms with Crippen LogP contribution in [0.2, 0.25) is 0 Å². The summed E-state index contributed by atoms with van der Waals surface area (Å²) in [4.78, 5) is 14.2. The van der Waals surface area contributed by atoms with Crippen molar-refractivity contribution in [1.29, 1.82) is 0 Å². The van der Waals surface area contributed by atoms with Gasteiger partial charge in [0.15, 0.2) is 17.5 Å². The number of aromatic nitrogens is 3. The van der Waals surface area contributed by atoms with E-state index in [2.05, 4.69) is 0 Å². The molecule has 0 unspecified atom stereocenters. The molecule has 0 radical (unpaired) electrons. The number of furan rings is 2. The van der Waals surface area contributed by atoms with Crippen molar-refractivity contribution in [1.82, 2.24) is 15.0 Å². The summed E-state index contributed by atoms with van der Waals surface area (Å²) >= 11 is 0. The Balaban J connectivity index is 1.30. The molecule has 3 heterocycles. The van der Waals surface area contributed by atoms with Gasteiger partial charge in [0, 0.05) is 38.2 Å². The molecular weight excluding hydrogens is 542 g/mol. The fourth-order valence-electron chi connectivity index (χ4n) is 5.44. The van der Waals surface area contributed by atoms with Crippen LogP contribution in [-0.2, 0) is 0 Å². The number of rotatable bonds is 4. The molecule has 0 N–H and O–H groups in total. The fraction of sp³-hybridized carbons (Fsp3) is 0. The lowest BCUT2D eigenvalue weighted by Crippen LogP contribution is -2.00. The summed E-state index contributed by atoms with van der Waals surface area (Å²) in [6, 6.07) is 30.1. The predicted octanol–water partition coefficient (Wildman–Crippen LogP) is 10.3. The van der Waals surface area contributed by atoms with Crippen molar-refractivity contribution in [2.24, 2.45) is 0 Å². The first-order chi connectivity index (χ1) is 24.3. The standard InChI is InChI=1S/C39H23N3O2/c1-3-9-24(10-4-1)26-15-18-31-32-20-17-28(23-36(32)44-34(31)21-26)39-41-37(25-11-5-2-6-12-25)40-38(42-39)27-16-19-30-29-13-7-8-14-33(29)43-35(30)22-27/h1-23H/i15D,17D,18D,20D,21D,23D. The van der Waals surface area contributed by atoms with E-state index < -0.39 is 0 Å². The maximum absolute atomic E-state index is 9.30. The molecule has 0 spiro atoms. The van der Waals surface area contributed by atoms with Crippen LogP contribution in [0.25, 0.3) is 89.2 Å². The molecule has 6 aromatic carbocycles. The Kier molecular flexibility index (Phi) is 4.25. The molecule has 44 heavy (non-hydrogen) atoms. The number of hydrogen-bond acceptors (Lipinski definition) is 5.